The van der Waals surface area contributed by atoms with Crippen LogP contribution in [0.2, 0.25) is 0 Å². The summed E-state index contributed by atoms with van der Waals surface area (Å²) in [7, 11) is 2.09. The average Bonchev–Trinajstić information content (AvgIpc) is 2.29. The van der Waals surface area contributed by atoms with E-state index >= 15 is 0 Å². The summed E-state index contributed by atoms with van der Waals surface area (Å²) in [6.45, 7) is 3.02. The van der Waals surface area contributed by atoms with Crippen LogP contribution in [0, 0.1) is 0 Å². The van der Waals surface area contributed by atoms with Crippen LogP contribution in [0.15, 0.2) is 30.3 Å². The Morgan fingerprint density at radius 1 is 1.27 bits per heavy atom. The second-order valence-electron chi connectivity index (χ2n) is 3.96. The van der Waals surface area contributed by atoms with Gasteiger partial charge in [-0.3, -0.25) is 0 Å². The Morgan fingerprint density at radius 2 is 1.93 bits per heavy atom. The van der Waals surface area contributed by atoms with E-state index in [0.717, 1.165) is 25.8 Å². The lowest BCUT2D eigenvalue weighted by Gasteiger charge is -2.19. The summed E-state index contributed by atoms with van der Waals surface area (Å²) in [5.41, 5.74) is 1.24. The van der Waals surface area contributed by atoms with E-state index in [4.69, 9.17) is 0 Å². The van der Waals surface area contributed by atoms with Gasteiger partial charge >= 0.3 is 0 Å². The largest absolute Gasteiger partial charge is 0.393 e. The normalized spacial score (nSPS) is 12.5. The molecule has 0 aliphatic rings. The highest BCUT2D eigenvalue weighted by Gasteiger charge is 2.02. The van der Waals surface area contributed by atoms with Gasteiger partial charge in [-0.25, -0.2) is 0 Å². The highest BCUT2D eigenvalue weighted by molar-refractivity contribution is 5.44. The van der Waals surface area contributed by atoms with Gasteiger partial charge in [-0.15, -0.1) is 0 Å². The second kappa shape index (κ2) is 6.46. The molecule has 15 heavy (non-hydrogen) atoms. The molecule has 1 atom stereocenters. The van der Waals surface area contributed by atoms with E-state index in [9.17, 15) is 5.11 Å². The van der Waals surface area contributed by atoms with Crippen LogP contribution in [-0.2, 0) is 0 Å². The van der Waals surface area contributed by atoms with E-state index in [1.807, 2.05) is 25.1 Å². The van der Waals surface area contributed by atoms with Crippen LogP contribution in [0.5, 0.6) is 0 Å². The Hall–Kier alpha value is -1.02. The van der Waals surface area contributed by atoms with Crippen molar-refractivity contribution in [3.8, 4) is 0 Å². The van der Waals surface area contributed by atoms with Gasteiger partial charge in [0.25, 0.3) is 0 Å². The van der Waals surface area contributed by atoms with E-state index in [1.54, 1.807) is 0 Å². The summed E-state index contributed by atoms with van der Waals surface area (Å²) in [5.74, 6) is 0. The predicted molar refractivity (Wildman–Crippen MR) is 65.2 cm³/mol. The van der Waals surface area contributed by atoms with E-state index in [-0.39, 0.29) is 6.10 Å². The van der Waals surface area contributed by atoms with Crippen molar-refractivity contribution in [2.45, 2.75) is 32.3 Å². The molecule has 84 valence electrons. The molecule has 0 spiro atoms. The molecule has 0 aliphatic heterocycles. The summed E-state index contributed by atoms with van der Waals surface area (Å²) in [5, 5.41) is 9.42. The van der Waals surface area contributed by atoms with E-state index in [2.05, 4.69) is 24.1 Å². The lowest BCUT2D eigenvalue weighted by molar-refractivity contribution is 0.158. The van der Waals surface area contributed by atoms with E-state index in [0.29, 0.717) is 0 Å². The minimum Gasteiger partial charge on any atom is -0.393 e. The van der Waals surface area contributed by atoms with Crippen LogP contribution < -0.4 is 4.90 Å². The Morgan fingerprint density at radius 3 is 2.53 bits per heavy atom. The first-order chi connectivity index (χ1) is 7.24. The van der Waals surface area contributed by atoms with Gasteiger partial charge in [0.2, 0.25) is 0 Å². The van der Waals surface area contributed by atoms with Gasteiger partial charge in [-0.05, 0) is 31.4 Å². The molecule has 1 rings (SSSR count). The molecule has 1 N–H and O–H groups in total. The number of aliphatic hydroxyl groups is 1. The fourth-order valence-electron chi connectivity index (χ4n) is 1.58. The minimum atomic E-state index is -0.130. The SMILES string of the molecule is CCC(O)CCCN(C)c1ccccc1. The molecular weight excluding hydrogens is 186 g/mol. The van der Waals surface area contributed by atoms with E-state index in [1.165, 1.54) is 5.69 Å². The van der Waals surface area contributed by atoms with Crippen molar-refractivity contribution in [3.63, 3.8) is 0 Å². The number of rotatable bonds is 6. The fourth-order valence-corrected chi connectivity index (χ4v) is 1.58. The molecule has 1 unspecified atom stereocenters. The van der Waals surface area contributed by atoms with Crippen molar-refractivity contribution in [1.82, 2.24) is 0 Å². The van der Waals surface area contributed by atoms with Crippen molar-refractivity contribution in [2.24, 2.45) is 0 Å². The monoisotopic (exact) mass is 207 g/mol. The summed E-state index contributed by atoms with van der Waals surface area (Å²) in [6.07, 6.45) is 2.66. The first-order valence-electron chi connectivity index (χ1n) is 5.68. The van der Waals surface area contributed by atoms with Crippen molar-refractivity contribution in [2.75, 3.05) is 18.5 Å². The molecule has 1 aromatic carbocycles. The number of hydrogen-bond acceptors (Lipinski definition) is 2. The highest BCUT2D eigenvalue weighted by atomic mass is 16.3. The number of para-hydroxylation sites is 1. The Kier molecular flexibility index (Phi) is 5.19. The highest BCUT2D eigenvalue weighted by Crippen LogP contribution is 2.12. The topological polar surface area (TPSA) is 23.5 Å². The summed E-state index contributed by atoms with van der Waals surface area (Å²) in [6, 6.07) is 10.3. The molecule has 0 aliphatic carbocycles. The van der Waals surface area contributed by atoms with Gasteiger partial charge in [0.15, 0.2) is 0 Å². The maximum Gasteiger partial charge on any atom is 0.0538 e. The molecule has 1 aromatic rings. The first kappa shape index (κ1) is 12.1. The molecule has 0 aromatic heterocycles. The molecule has 0 bridgehead atoms. The number of anilines is 1. The fraction of sp³-hybridized carbons (Fsp3) is 0.538. The summed E-state index contributed by atoms with van der Waals surface area (Å²) < 4.78 is 0. The van der Waals surface area contributed by atoms with Crippen molar-refractivity contribution in [1.29, 1.82) is 0 Å². The molecule has 0 saturated carbocycles. The van der Waals surface area contributed by atoms with Gasteiger partial charge in [0.05, 0.1) is 6.10 Å². The Balaban J connectivity index is 2.28. The van der Waals surface area contributed by atoms with Gasteiger partial charge < -0.3 is 10.0 Å². The predicted octanol–water partition coefficient (Wildman–Crippen LogP) is 2.67. The molecule has 0 radical (unpaired) electrons. The molecule has 0 saturated heterocycles. The van der Waals surface area contributed by atoms with Crippen LogP contribution in [0.1, 0.15) is 26.2 Å². The molecule has 2 heteroatoms. The summed E-state index contributed by atoms with van der Waals surface area (Å²) >= 11 is 0. The Bertz CT molecular complexity index is 260. The van der Waals surface area contributed by atoms with E-state index < -0.39 is 0 Å². The van der Waals surface area contributed by atoms with Crippen LogP contribution in [0.25, 0.3) is 0 Å². The van der Waals surface area contributed by atoms with Gasteiger partial charge in [-0.1, -0.05) is 25.1 Å². The molecule has 0 amide bonds. The van der Waals surface area contributed by atoms with Crippen LogP contribution in [0.3, 0.4) is 0 Å². The third-order valence-corrected chi connectivity index (χ3v) is 2.70. The van der Waals surface area contributed by atoms with Gasteiger partial charge in [0.1, 0.15) is 0 Å². The molecule has 0 fully saturated rings. The minimum absolute atomic E-state index is 0.130. The molecular formula is C13H21NO. The second-order valence-corrected chi connectivity index (χ2v) is 3.96. The lowest BCUT2D eigenvalue weighted by atomic mass is 10.1. The zero-order chi connectivity index (χ0) is 11.1. The summed E-state index contributed by atoms with van der Waals surface area (Å²) in [4.78, 5) is 2.22. The van der Waals surface area contributed by atoms with Crippen LogP contribution in [-0.4, -0.2) is 24.8 Å². The van der Waals surface area contributed by atoms with Gasteiger partial charge in [0, 0.05) is 19.3 Å². The van der Waals surface area contributed by atoms with Crippen molar-refractivity contribution >= 4 is 5.69 Å². The van der Waals surface area contributed by atoms with Crippen molar-refractivity contribution in [3.05, 3.63) is 30.3 Å². The number of benzene rings is 1. The Labute approximate surface area is 92.5 Å². The zero-order valence-corrected chi connectivity index (χ0v) is 9.69. The third-order valence-electron chi connectivity index (χ3n) is 2.70. The van der Waals surface area contributed by atoms with Crippen molar-refractivity contribution < 1.29 is 5.11 Å². The first-order valence-corrected chi connectivity index (χ1v) is 5.68. The number of nitrogens with zero attached hydrogens (tertiary/aromatic N) is 1. The smallest absolute Gasteiger partial charge is 0.0538 e. The molecule has 0 heterocycles. The zero-order valence-electron chi connectivity index (χ0n) is 9.69. The van der Waals surface area contributed by atoms with Gasteiger partial charge in [-0.2, -0.15) is 0 Å². The number of hydrogen-bond donors (Lipinski definition) is 1. The third kappa shape index (κ3) is 4.34. The van der Waals surface area contributed by atoms with Crippen LogP contribution >= 0.6 is 0 Å². The standard InChI is InChI=1S/C13H21NO/c1-3-13(15)10-7-11-14(2)12-8-5-4-6-9-12/h4-6,8-9,13,15H,3,7,10-11H2,1-2H3. The van der Waals surface area contributed by atoms with Crippen LogP contribution in [0.4, 0.5) is 5.69 Å². The molecule has 2 nitrogen and oxygen atoms in total. The number of aliphatic hydroxyl groups excluding tert-OH is 1. The lowest BCUT2D eigenvalue weighted by Crippen LogP contribution is -2.19. The quantitative estimate of drug-likeness (QED) is 0.775. The maximum atomic E-state index is 9.42. The maximum absolute atomic E-state index is 9.42. The average molecular weight is 207 g/mol.